The summed E-state index contributed by atoms with van der Waals surface area (Å²) < 4.78 is 5.86. The Balaban J connectivity index is 1.93. The van der Waals surface area contributed by atoms with Crippen LogP contribution in [0.3, 0.4) is 0 Å². The van der Waals surface area contributed by atoms with Gasteiger partial charge in [-0.25, -0.2) is 0 Å². The molecule has 1 aromatic rings. The Bertz CT molecular complexity index is 326. The molecular weight excluding hydrogens is 243 g/mol. The maximum atomic E-state index is 6.08. The molecule has 2 rings (SSSR count). The third-order valence-corrected chi connectivity index (χ3v) is 3.79. The lowest BCUT2D eigenvalue weighted by molar-refractivity contribution is 0.0169. The van der Waals surface area contributed by atoms with E-state index in [0.29, 0.717) is 22.8 Å². The Morgan fingerprint density at radius 2 is 1.69 bits per heavy atom. The van der Waals surface area contributed by atoms with E-state index in [1.165, 1.54) is 32.1 Å². The SMILES string of the molecule is Clc1cccc(Cl)c1COC1CCCCC1. The minimum atomic E-state index is 0.390. The lowest BCUT2D eigenvalue weighted by Gasteiger charge is -2.22. The van der Waals surface area contributed by atoms with E-state index in [9.17, 15) is 0 Å². The zero-order chi connectivity index (χ0) is 11.4. The van der Waals surface area contributed by atoms with Crippen LogP contribution in [0.4, 0.5) is 0 Å². The topological polar surface area (TPSA) is 9.23 Å². The summed E-state index contributed by atoms with van der Waals surface area (Å²) in [5.74, 6) is 0. The maximum absolute atomic E-state index is 6.08. The third-order valence-electron chi connectivity index (χ3n) is 3.08. The van der Waals surface area contributed by atoms with Crippen molar-refractivity contribution in [2.75, 3.05) is 0 Å². The largest absolute Gasteiger partial charge is 0.373 e. The van der Waals surface area contributed by atoms with Crippen molar-refractivity contribution in [2.45, 2.75) is 44.8 Å². The Hall–Kier alpha value is -0.240. The minimum Gasteiger partial charge on any atom is -0.373 e. The normalized spacial score (nSPS) is 17.6. The second kappa shape index (κ2) is 5.90. The average Bonchev–Trinajstić information content (AvgIpc) is 2.30. The molecule has 16 heavy (non-hydrogen) atoms. The van der Waals surface area contributed by atoms with Crippen molar-refractivity contribution in [3.05, 3.63) is 33.8 Å². The highest BCUT2D eigenvalue weighted by Gasteiger charge is 2.15. The lowest BCUT2D eigenvalue weighted by Crippen LogP contribution is -2.16. The molecule has 1 aliphatic rings. The van der Waals surface area contributed by atoms with E-state index in [1.807, 2.05) is 18.2 Å². The van der Waals surface area contributed by atoms with Gasteiger partial charge >= 0.3 is 0 Å². The fourth-order valence-electron chi connectivity index (χ4n) is 2.10. The molecule has 1 aromatic carbocycles. The van der Waals surface area contributed by atoms with Gasteiger partial charge in [0.25, 0.3) is 0 Å². The first-order valence-corrected chi connectivity index (χ1v) is 6.57. The Morgan fingerprint density at radius 1 is 1.06 bits per heavy atom. The van der Waals surface area contributed by atoms with Crippen LogP contribution in [0.5, 0.6) is 0 Å². The third kappa shape index (κ3) is 3.13. The van der Waals surface area contributed by atoms with Crippen LogP contribution >= 0.6 is 23.2 Å². The molecule has 0 aromatic heterocycles. The van der Waals surface area contributed by atoms with Crippen LogP contribution in [-0.2, 0) is 11.3 Å². The van der Waals surface area contributed by atoms with E-state index in [0.717, 1.165) is 5.56 Å². The van der Waals surface area contributed by atoms with Crippen LogP contribution in [0.2, 0.25) is 10.0 Å². The molecule has 88 valence electrons. The highest BCUT2D eigenvalue weighted by molar-refractivity contribution is 6.35. The lowest BCUT2D eigenvalue weighted by atomic mass is 9.98. The monoisotopic (exact) mass is 258 g/mol. The quantitative estimate of drug-likeness (QED) is 0.754. The fraction of sp³-hybridized carbons (Fsp3) is 0.538. The molecule has 0 aliphatic heterocycles. The first kappa shape index (κ1) is 12.2. The molecule has 1 saturated carbocycles. The first-order valence-electron chi connectivity index (χ1n) is 5.82. The van der Waals surface area contributed by atoms with E-state index in [-0.39, 0.29) is 0 Å². The molecule has 1 fully saturated rings. The number of rotatable bonds is 3. The number of ether oxygens (including phenoxy) is 1. The van der Waals surface area contributed by atoms with Crippen LogP contribution in [0, 0.1) is 0 Å². The van der Waals surface area contributed by atoms with Gasteiger partial charge in [0.2, 0.25) is 0 Å². The highest BCUT2D eigenvalue weighted by atomic mass is 35.5. The zero-order valence-electron chi connectivity index (χ0n) is 9.22. The van der Waals surface area contributed by atoms with E-state index >= 15 is 0 Å². The van der Waals surface area contributed by atoms with E-state index in [2.05, 4.69) is 0 Å². The van der Waals surface area contributed by atoms with Gasteiger partial charge in [0.05, 0.1) is 12.7 Å². The molecule has 1 nitrogen and oxygen atoms in total. The van der Waals surface area contributed by atoms with Crippen molar-refractivity contribution >= 4 is 23.2 Å². The maximum Gasteiger partial charge on any atom is 0.0749 e. The summed E-state index contributed by atoms with van der Waals surface area (Å²) in [5.41, 5.74) is 0.913. The van der Waals surface area contributed by atoms with Crippen molar-refractivity contribution in [1.29, 1.82) is 0 Å². The number of halogens is 2. The molecule has 0 bridgehead atoms. The van der Waals surface area contributed by atoms with Crippen LogP contribution in [0.15, 0.2) is 18.2 Å². The van der Waals surface area contributed by atoms with Crippen LogP contribution in [-0.4, -0.2) is 6.10 Å². The second-order valence-corrected chi connectivity index (χ2v) is 5.09. The van der Waals surface area contributed by atoms with Crippen molar-refractivity contribution in [2.24, 2.45) is 0 Å². The van der Waals surface area contributed by atoms with E-state index < -0.39 is 0 Å². The van der Waals surface area contributed by atoms with E-state index in [1.54, 1.807) is 0 Å². The average molecular weight is 259 g/mol. The van der Waals surface area contributed by atoms with Crippen LogP contribution in [0.25, 0.3) is 0 Å². The summed E-state index contributed by atoms with van der Waals surface area (Å²) in [6.45, 7) is 0.531. The minimum absolute atomic E-state index is 0.390. The Morgan fingerprint density at radius 3 is 2.31 bits per heavy atom. The molecule has 0 spiro atoms. The summed E-state index contributed by atoms with van der Waals surface area (Å²) in [6, 6.07) is 5.56. The molecule has 0 N–H and O–H groups in total. The summed E-state index contributed by atoms with van der Waals surface area (Å²) in [7, 11) is 0. The molecule has 1 aliphatic carbocycles. The predicted octanol–water partition coefficient (Wildman–Crippen LogP) is 4.84. The molecule has 0 amide bonds. The van der Waals surface area contributed by atoms with Gasteiger partial charge in [0, 0.05) is 15.6 Å². The molecule has 0 atom stereocenters. The van der Waals surface area contributed by atoms with Gasteiger partial charge in [-0.05, 0) is 25.0 Å². The van der Waals surface area contributed by atoms with E-state index in [4.69, 9.17) is 27.9 Å². The Labute approximate surface area is 107 Å². The molecule has 0 unspecified atom stereocenters. The van der Waals surface area contributed by atoms with Gasteiger partial charge in [-0.2, -0.15) is 0 Å². The zero-order valence-corrected chi connectivity index (χ0v) is 10.7. The summed E-state index contributed by atoms with van der Waals surface area (Å²) in [4.78, 5) is 0. The Kier molecular flexibility index (Phi) is 4.51. The highest BCUT2D eigenvalue weighted by Crippen LogP contribution is 2.27. The first-order chi connectivity index (χ1) is 7.77. The van der Waals surface area contributed by atoms with Gasteiger partial charge in [-0.1, -0.05) is 48.5 Å². The molecule has 3 heteroatoms. The predicted molar refractivity (Wildman–Crippen MR) is 68.1 cm³/mol. The van der Waals surface area contributed by atoms with Crippen molar-refractivity contribution in [3.63, 3.8) is 0 Å². The van der Waals surface area contributed by atoms with Crippen LogP contribution < -0.4 is 0 Å². The van der Waals surface area contributed by atoms with Gasteiger partial charge in [0.15, 0.2) is 0 Å². The van der Waals surface area contributed by atoms with Gasteiger partial charge in [0.1, 0.15) is 0 Å². The number of hydrogen-bond donors (Lipinski definition) is 0. The van der Waals surface area contributed by atoms with Crippen LogP contribution in [0.1, 0.15) is 37.7 Å². The summed E-state index contributed by atoms with van der Waals surface area (Å²) in [6.07, 6.45) is 6.62. The fourth-order valence-corrected chi connectivity index (χ4v) is 2.61. The van der Waals surface area contributed by atoms with Gasteiger partial charge < -0.3 is 4.74 Å². The van der Waals surface area contributed by atoms with Gasteiger partial charge in [-0.3, -0.25) is 0 Å². The number of benzene rings is 1. The van der Waals surface area contributed by atoms with Crippen molar-refractivity contribution in [3.8, 4) is 0 Å². The smallest absolute Gasteiger partial charge is 0.0749 e. The standard InChI is InChI=1S/C13H16Cl2O/c14-12-7-4-8-13(15)11(12)9-16-10-5-2-1-3-6-10/h4,7-8,10H,1-3,5-6,9H2. The molecular formula is C13H16Cl2O. The molecule has 0 saturated heterocycles. The summed E-state index contributed by atoms with van der Waals surface area (Å²) in [5, 5.41) is 1.40. The summed E-state index contributed by atoms with van der Waals surface area (Å²) >= 11 is 12.2. The molecule has 0 radical (unpaired) electrons. The van der Waals surface area contributed by atoms with Gasteiger partial charge in [-0.15, -0.1) is 0 Å². The second-order valence-electron chi connectivity index (χ2n) is 4.27. The molecule has 0 heterocycles. The van der Waals surface area contributed by atoms with Crippen molar-refractivity contribution in [1.82, 2.24) is 0 Å². The van der Waals surface area contributed by atoms with Crippen molar-refractivity contribution < 1.29 is 4.74 Å². The number of hydrogen-bond acceptors (Lipinski definition) is 1.